The van der Waals surface area contributed by atoms with Crippen LogP contribution in [0.1, 0.15) is 17.3 Å². The van der Waals surface area contributed by atoms with Crippen molar-refractivity contribution >= 4 is 0 Å². The van der Waals surface area contributed by atoms with Crippen molar-refractivity contribution in [1.82, 2.24) is 4.98 Å². The summed E-state index contributed by atoms with van der Waals surface area (Å²) in [5, 5.41) is 0. The van der Waals surface area contributed by atoms with Crippen molar-refractivity contribution in [1.29, 1.82) is 0 Å². The summed E-state index contributed by atoms with van der Waals surface area (Å²) >= 11 is 0. The monoisotopic (exact) mass is 200 g/mol. The maximum Gasteiger partial charge on any atom is 0.248 e. The fourth-order valence-corrected chi connectivity index (χ4v) is 1.49. The number of aromatic amines is 1. The first-order valence-electron chi connectivity index (χ1n) is 4.77. The molecule has 3 heteroatoms. The van der Waals surface area contributed by atoms with Crippen LogP contribution in [0.4, 0.5) is 0 Å². The van der Waals surface area contributed by atoms with Gasteiger partial charge in [-0.2, -0.15) is 0 Å². The van der Waals surface area contributed by atoms with E-state index in [1.165, 1.54) is 6.07 Å². The Labute approximate surface area is 87.6 Å². The van der Waals surface area contributed by atoms with E-state index >= 15 is 0 Å². The van der Waals surface area contributed by atoms with E-state index in [4.69, 9.17) is 5.73 Å². The molecule has 15 heavy (non-hydrogen) atoms. The number of hydrogen-bond acceptors (Lipinski definition) is 2. The van der Waals surface area contributed by atoms with Gasteiger partial charge >= 0.3 is 0 Å². The standard InChI is InChI=1S/C12H12N2O/c13-12(9-5-2-1-3-6-9)10-7-4-8-11(15)14-10/h1-8,12H,13H2,(H,14,15)/t12-/m1/s1. The average Bonchev–Trinajstić information content (AvgIpc) is 2.29. The van der Waals surface area contributed by atoms with Crippen LogP contribution in [0.3, 0.4) is 0 Å². The number of benzene rings is 1. The number of hydrogen-bond donors (Lipinski definition) is 2. The number of nitrogens with one attached hydrogen (secondary N) is 1. The zero-order chi connectivity index (χ0) is 10.7. The van der Waals surface area contributed by atoms with Gasteiger partial charge in [0.1, 0.15) is 0 Å². The highest BCUT2D eigenvalue weighted by atomic mass is 16.1. The van der Waals surface area contributed by atoms with E-state index in [1.807, 2.05) is 36.4 Å². The van der Waals surface area contributed by atoms with Gasteiger partial charge in [0.25, 0.3) is 0 Å². The normalized spacial score (nSPS) is 12.3. The van der Waals surface area contributed by atoms with Gasteiger partial charge in [0, 0.05) is 11.8 Å². The molecular formula is C12H12N2O. The molecule has 0 spiro atoms. The molecule has 1 aromatic carbocycles. The number of aromatic nitrogens is 1. The minimum Gasteiger partial charge on any atom is -0.324 e. The lowest BCUT2D eigenvalue weighted by atomic mass is 10.0. The number of pyridine rings is 1. The molecule has 0 saturated heterocycles. The molecule has 0 amide bonds. The van der Waals surface area contributed by atoms with Crippen LogP contribution in [0, 0.1) is 0 Å². The van der Waals surface area contributed by atoms with Crippen molar-refractivity contribution in [3.05, 3.63) is 70.1 Å². The molecule has 0 radical (unpaired) electrons. The van der Waals surface area contributed by atoms with Gasteiger partial charge in [-0.1, -0.05) is 36.4 Å². The topological polar surface area (TPSA) is 58.9 Å². The van der Waals surface area contributed by atoms with E-state index in [9.17, 15) is 4.79 Å². The quantitative estimate of drug-likeness (QED) is 0.770. The SMILES string of the molecule is N[C@H](c1ccccc1)c1cccc(=O)[nH]1. The summed E-state index contributed by atoms with van der Waals surface area (Å²) in [4.78, 5) is 13.8. The highest BCUT2D eigenvalue weighted by Gasteiger charge is 2.07. The van der Waals surface area contributed by atoms with E-state index < -0.39 is 0 Å². The van der Waals surface area contributed by atoms with Crippen LogP contribution in [0.15, 0.2) is 53.3 Å². The lowest BCUT2D eigenvalue weighted by Crippen LogP contribution is -2.17. The van der Waals surface area contributed by atoms with Crippen LogP contribution in [0.2, 0.25) is 0 Å². The van der Waals surface area contributed by atoms with Crippen molar-refractivity contribution in [2.24, 2.45) is 5.73 Å². The van der Waals surface area contributed by atoms with E-state index in [1.54, 1.807) is 6.07 Å². The third-order valence-electron chi connectivity index (χ3n) is 2.28. The van der Waals surface area contributed by atoms with Crippen LogP contribution in [-0.4, -0.2) is 4.98 Å². The van der Waals surface area contributed by atoms with Crippen LogP contribution in [0.5, 0.6) is 0 Å². The van der Waals surface area contributed by atoms with Gasteiger partial charge in [-0.25, -0.2) is 0 Å². The van der Waals surface area contributed by atoms with E-state index in [0.717, 1.165) is 11.3 Å². The first kappa shape index (κ1) is 9.68. The Morgan fingerprint density at radius 3 is 2.40 bits per heavy atom. The zero-order valence-electron chi connectivity index (χ0n) is 8.18. The molecule has 0 aliphatic rings. The third kappa shape index (κ3) is 2.14. The first-order valence-corrected chi connectivity index (χ1v) is 4.77. The highest BCUT2D eigenvalue weighted by molar-refractivity contribution is 5.26. The molecule has 0 aliphatic carbocycles. The van der Waals surface area contributed by atoms with Crippen molar-refractivity contribution in [2.45, 2.75) is 6.04 Å². The largest absolute Gasteiger partial charge is 0.324 e. The summed E-state index contributed by atoms with van der Waals surface area (Å²) in [5.74, 6) is 0. The third-order valence-corrected chi connectivity index (χ3v) is 2.28. The molecule has 0 saturated carbocycles. The van der Waals surface area contributed by atoms with Crippen molar-refractivity contribution in [3.63, 3.8) is 0 Å². The summed E-state index contributed by atoms with van der Waals surface area (Å²) in [7, 11) is 0. The van der Waals surface area contributed by atoms with Gasteiger partial charge in [0.15, 0.2) is 0 Å². The molecule has 2 rings (SSSR count). The van der Waals surface area contributed by atoms with Crippen molar-refractivity contribution in [3.8, 4) is 0 Å². The van der Waals surface area contributed by atoms with Gasteiger partial charge in [0.05, 0.1) is 6.04 Å². The fourth-order valence-electron chi connectivity index (χ4n) is 1.49. The Balaban J connectivity index is 2.37. The van der Waals surface area contributed by atoms with Gasteiger partial charge in [-0.3, -0.25) is 4.79 Å². The molecule has 1 aromatic heterocycles. The lowest BCUT2D eigenvalue weighted by molar-refractivity contribution is 0.822. The maximum absolute atomic E-state index is 11.1. The lowest BCUT2D eigenvalue weighted by Gasteiger charge is -2.11. The van der Waals surface area contributed by atoms with Crippen LogP contribution in [-0.2, 0) is 0 Å². The van der Waals surface area contributed by atoms with Crippen LogP contribution in [0.25, 0.3) is 0 Å². The number of nitrogens with two attached hydrogens (primary N) is 1. The minimum atomic E-state index is -0.278. The summed E-state index contributed by atoms with van der Waals surface area (Å²) < 4.78 is 0. The Bertz CT molecular complexity index is 490. The summed E-state index contributed by atoms with van der Waals surface area (Å²) in [6.07, 6.45) is 0. The molecule has 1 heterocycles. The van der Waals surface area contributed by atoms with Gasteiger partial charge < -0.3 is 10.7 Å². The van der Waals surface area contributed by atoms with Gasteiger partial charge in [-0.15, -0.1) is 0 Å². The van der Waals surface area contributed by atoms with Crippen LogP contribution < -0.4 is 11.3 Å². The molecule has 0 aliphatic heterocycles. The number of H-pyrrole nitrogens is 1. The van der Waals surface area contributed by atoms with Crippen LogP contribution >= 0.6 is 0 Å². The van der Waals surface area contributed by atoms with E-state index in [-0.39, 0.29) is 11.6 Å². The Kier molecular flexibility index (Phi) is 2.65. The molecule has 0 unspecified atom stereocenters. The van der Waals surface area contributed by atoms with Gasteiger partial charge in [-0.05, 0) is 11.6 Å². The second-order valence-electron chi connectivity index (χ2n) is 3.36. The molecule has 3 N–H and O–H groups in total. The summed E-state index contributed by atoms with van der Waals surface area (Å²) in [6, 6.07) is 14.4. The Morgan fingerprint density at radius 2 is 1.73 bits per heavy atom. The second-order valence-corrected chi connectivity index (χ2v) is 3.36. The zero-order valence-corrected chi connectivity index (χ0v) is 8.18. The molecule has 1 atom stereocenters. The van der Waals surface area contributed by atoms with E-state index in [2.05, 4.69) is 4.98 Å². The number of rotatable bonds is 2. The van der Waals surface area contributed by atoms with Crippen molar-refractivity contribution in [2.75, 3.05) is 0 Å². The van der Waals surface area contributed by atoms with Gasteiger partial charge in [0.2, 0.25) is 5.56 Å². The molecule has 0 fully saturated rings. The molecule has 76 valence electrons. The van der Waals surface area contributed by atoms with Crippen molar-refractivity contribution < 1.29 is 0 Å². The predicted octanol–water partition coefficient (Wildman–Crippen LogP) is 1.42. The smallest absolute Gasteiger partial charge is 0.248 e. The Morgan fingerprint density at radius 1 is 1.00 bits per heavy atom. The molecule has 0 bridgehead atoms. The first-order chi connectivity index (χ1) is 7.27. The molecular weight excluding hydrogens is 188 g/mol. The molecule has 2 aromatic rings. The Hall–Kier alpha value is -1.87. The minimum absolute atomic E-state index is 0.126. The molecule has 3 nitrogen and oxygen atoms in total. The maximum atomic E-state index is 11.1. The van der Waals surface area contributed by atoms with E-state index in [0.29, 0.717) is 0 Å². The predicted molar refractivity (Wildman–Crippen MR) is 59.5 cm³/mol. The fraction of sp³-hybridized carbons (Fsp3) is 0.0833. The second kappa shape index (κ2) is 4.11. The average molecular weight is 200 g/mol. The summed E-state index contributed by atoms with van der Waals surface area (Å²) in [5.41, 5.74) is 7.60. The highest BCUT2D eigenvalue weighted by Crippen LogP contribution is 2.15. The summed E-state index contributed by atoms with van der Waals surface area (Å²) in [6.45, 7) is 0.